The molecule has 0 saturated heterocycles. The molecular weight excluding hydrogens is 1340 g/mol. The van der Waals surface area contributed by atoms with E-state index >= 15 is 5.21 Å². The highest BCUT2D eigenvalue weighted by molar-refractivity contribution is 7.15. The van der Waals surface area contributed by atoms with E-state index in [2.05, 4.69) is 59.7 Å². The predicted molar refractivity (Wildman–Crippen MR) is 346 cm³/mol. The van der Waals surface area contributed by atoms with Crippen molar-refractivity contribution in [3.05, 3.63) is 177 Å². The number of carboxylic acids is 1. The van der Waals surface area contributed by atoms with Crippen LogP contribution < -0.4 is 42.4 Å². The van der Waals surface area contributed by atoms with Gasteiger partial charge in [0.25, 0.3) is 40.9 Å². The number of aliphatic hydroxyl groups excluding tert-OH is 2. The van der Waals surface area contributed by atoms with Gasteiger partial charge in [0.2, 0.25) is 11.8 Å². The first-order valence-electron chi connectivity index (χ1n) is 27.5. The molecule has 9 aromatic rings. The standard InChI is InChI=1S/C59H51ClN14O13S6/c1-24(40(76)18-60)42-57-70-38(23-92-57)54-66-34(19-89-54)45-31(14-15-39(74(45)87)56-68-35(21-90-56)49(81)62-25(2)47(79)63-26(3)59(85)86)53-67-36(20-88-53)51(83)65-33(17-41(61)77)55-73-43(27(4)93-55)52(84)72-44(46(78)29-8-6-5-7-9-29)58-69-37(22-91-58)50(82)64-32(48(80)71-42)16-28-10-12-30(75)13-11-28/h5-15,19-24,32-33,40,42,44,46,75-76,78H,2-3,16-18H2,1,4H3,(H2,61,77)(H,62,81)(H,63,79)(H,64,82)(H,65,83)(H,71,80)(H,72,84)(H,85,86). The zero-order valence-electron chi connectivity index (χ0n) is 48.3. The summed E-state index contributed by atoms with van der Waals surface area (Å²) in [6.07, 6.45) is -3.28. The van der Waals surface area contributed by atoms with Crippen molar-refractivity contribution >= 4 is 127 Å². The van der Waals surface area contributed by atoms with Crippen LogP contribution in [0.3, 0.4) is 0 Å². The molecule has 7 atom stereocenters. The van der Waals surface area contributed by atoms with Gasteiger partial charge in [-0.15, -0.1) is 79.6 Å². The number of alkyl halides is 1. The number of aliphatic carboxylic acids is 1. The number of rotatable bonds is 15. The van der Waals surface area contributed by atoms with Gasteiger partial charge in [-0.3, -0.25) is 33.6 Å². The number of hydrogen-bond donors (Lipinski definition) is 11. The Kier molecular flexibility index (Phi) is 20.3. The Hall–Kier alpha value is -9.58. The molecule has 0 saturated carbocycles. The molecule has 7 amide bonds. The molecule has 12 N–H and O–H groups in total. The van der Waals surface area contributed by atoms with Crippen molar-refractivity contribution in [1.29, 1.82) is 0 Å². The van der Waals surface area contributed by atoms with Gasteiger partial charge in [0.15, 0.2) is 5.01 Å². The number of amides is 7. The van der Waals surface area contributed by atoms with Crippen LogP contribution in [0.1, 0.15) is 111 Å². The Bertz CT molecular complexity index is 4410. The van der Waals surface area contributed by atoms with Crippen LogP contribution in [-0.2, 0) is 25.6 Å². The molecule has 34 heteroatoms. The summed E-state index contributed by atoms with van der Waals surface area (Å²) >= 11 is 12.2. The van der Waals surface area contributed by atoms with E-state index in [4.69, 9.17) is 32.4 Å². The number of aliphatic hydroxyl groups is 2. The van der Waals surface area contributed by atoms with Gasteiger partial charge >= 0.3 is 5.97 Å². The Morgan fingerprint density at radius 2 is 1.32 bits per heavy atom. The number of benzene rings is 2. The minimum atomic E-state index is -1.52. The number of thiazole rings is 6. The number of phenols is 1. The van der Waals surface area contributed by atoms with E-state index in [1.165, 1.54) is 40.4 Å². The molecule has 10 rings (SSSR count). The van der Waals surface area contributed by atoms with Gasteiger partial charge < -0.3 is 63.3 Å². The van der Waals surface area contributed by atoms with Crippen molar-refractivity contribution in [1.82, 2.24) is 61.8 Å². The minimum absolute atomic E-state index is 0.00960. The Balaban J connectivity index is 1.07. The lowest BCUT2D eigenvalue weighted by Crippen LogP contribution is -2.50. The van der Waals surface area contributed by atoms with Gasteiger partial charge in [-0.2, -0.15) is 4.73 Å². The number of carbonyl (C=O) groups is 8. The van der Waals surface area contributed by atoms with Crippen LogP contribution in [0.2, 0.25) is 0 Å². The number of nitrogens with one attached hydrogen (secondary N) is 6. The smallest absolute Gasteiger partial charge is 0.351 e. The van der Waals surface area contributed by atoms with Crippen molar-refractivity contribution in [3.63, 3.8) is 0 Å². The van der Waals surface area contributed by atoms with Crippen LogP contribution >= 0.6 is 79.6 Å². The molecule has 0 aliphatic carbocycles. The zero-order chi connectivity index (χ0) is 66.5. The number of nitrogens with two attached hydrogens (primary N) is 1. The second-order valence-electron chi connectivity index (χ2n) is 20.6. The first-order valence-corrected chi connectivity index (χ1v) is 33.2. The number of carboxylic acid groups (broad SMARTS) is 1. The van der Waals surface area contributed by atoms with Crippen molar-refractivity contribution in [2.75, 3.05) is 5.88 Å². The van der Waals surface area contributed by atoms with E-state index < -0.39 is 107 Å². The van der Waals surface area contributed by atoms with Gasteiger partial charge in [-0.1, -0.05) is 62.5 Å². The monoisotopic (exact) mass is 1390 g/mol. The van der Waals surface area contributed by atoms with Gasteiger partial charge in [0.05, 0.1) is 35.9 Å². The molecule has 7 unspecified atom stereocenters. The van der Waals surface area contributed by atoms with Crippen molar-refractivity contribution in [2.45, 2.75) is 63.1 Å². The molecular formula is C59H51ClN14O13S6. The van der Waals surface area contributed by atoms with Crippen molar-refractivity contribution in [3.8, 4) is 49.1 Å². The van der Waals surface area contributed by atoms with Crippen LogP contribution in [-0.4, -0.2) is 116 Å². The van der Waals surface area contributed by atoms with Crippen LogP contribution in [0.25, 0.3) is 43.4 Å². The summed E-state index contributed by atoms with van der Waals surface area (Å²) in [6.45, 7) is 9.94. The fraction of sp³-hybridized carbons (Fsp3) is 0.203. The summed E-state index contributed by atoms with van der Waals surface area (Å²) < 4.78 is 0.501. The van der Waals surface area contributed by atoms with E-state index in [-0.39, 0.29) is 99.2 Å². The molecule has 27 nitrogen and oxygen atoms in total. The van der Waals surface area contributed by atoms with Crippen molar-refractivity contribution < 1.29 is 63.5 Å². The average Bonchev–Trinajstić information content (AvgIpc) is 1.73. The first kappa shape index (κ1) is 66.3. The Morgan fingerprint density at radius 3 is 2.02 bits per heavy atom. The summed E-state index contributed by atoms with van der Waals surface area (Å²) in [5.41, 5.74) is 4.92. The third-order valence-corrected chi connectivity index (χ3v) is 20.1. The van der Waals surface area contributed by atoms with Crippen LogP contribution in [0.4, 0.5) is 0 Å². The SMILES string of the molecule is C=C(NC(=O)C(=C)NC(=O)c1csc(-c2ccc3c([n+]2[O-])-c2csc(n2)-c2csc(n2)C(C(C)C(O)CCl)NC(=O)C(Cc2ccc(O)cc2)NC(=O)c2csc(n2)C(C(O)c2ccccc2)NC(=O)c2nc(sc2C)C(CC(N)=O)NC(=O)c2csc-3n2)n1)C(=O)O. The van der Waals surface area contributed by atoms with Gasteiger partial charge in [0, 0.05) is 56.1 Å². The van der Waals surface area contributed by atoms with Crippen LogP contribution in [0, 0.1) is 18.0 Å². The lowest BCUT2D eigenvalue weighted by Gasteiger charge is -2.28. The second kappa shape index (κ2) is 28.5. The largest absolute Gasteiger partial charge is 0.618 e. The molecule has 7 aromatic heterocycles. The fourth-order valence-electron chi connectivity index (χ4n) is 9.28. The quantitative estimate of drug-likeness (QED) is 0.0243. The molecule has 0 radical (unpaired) electrons. The lowest BCUT2D eigenvalue weighted by atomic mass is 9.96. The summed E-state index contributed by atoms with van der Waals surface area (Å²) in [6, 6.07) is 12.2. The number of halogens is 1. The number of phenolic OH excluding ortho intramolecular Hbond substituents is 1. The number of carbonyl (C=O) groups excluding carboxylic acids is 7. The third-order valence-electron chi connectivity index (χ3n) is 14.2. The molecule has 93 heavy (non-hydrogen) atoms. The summed E-state index contributed by atoms with van der Waals surface area (Å²) in [7, 11) is 0. The average molecular weight is 1390 g/mol. The van der Waals surface area contributed by atoms with Gasteiger partial charge in [-0.25, -0.2) is 34.7 Å². The highest BCUT2D eigenvalue weighted by atomic mass is 35.5. The maximum absolute atomic E-state index is 15.1. The molecule has 1 aliphatic heterocycles. The maximum atomic E-state index is 15.1. The summed E-state index contributed by atoms with van der Waals surface area (Å²) in [5.74, 6) is -8.66. The zero-order valence-corrected chi connectivity index (χ0v) is 54.0. The normalized spacial score (nSPS) is 17.1. The number of primary amides is 1. The molecule has 2 aromatic carbocycles. The maximum Gasteiger partial charge on any atom is 0.351 e. The molecule has 10 bridgehead atoms. The summed E-state index contributed by atoms with van der Waals surface area (Å²) in [4.78, 5) is 136. The van der Waals surface area contributed by atoms with Crippen LogP contribution in [0.5, 0.6) is 5.75 Å². The third kappa shape index (κ3) is 15.0. The molecule has 0 fully saturated rings. The van der Waals surface area contributed by atoms with Gasteiger partial charge in [-0.05, 0) is 36.2 Å². The number of nitrogens with zero attached hydrogens (tertiary/aromatic N) is 7. The van der Waals surface area contributed by atoms with E-state index in [0.717, 1.165) is 68.0 Å². The number of aromatic hydroxyl groups is 1. The number of aryl methyl sites for hydroxylation is 1. The topological polar surface area (TPSA) is 420 Å². The second-order valence-corrected chi connectivity index (χ2v) is 26.5. The molecule has 0 spiro atoms. The highest BCUT2D eigenvalue weighted by Crippen LogP contribution is 2.39. The van der Waals surface area contributed by atoms with E-state index in [0.29, 0.717) is 20.7 Å². The molecule has 8 heterocycles. The predicted octanol–water partition coefficient (Wildman–Crippen LogP) is 6.00. The minimum Gasteiger partial charge on any atom is -0.618 e. The molecule has 478 valence electrons. The number of pyridine rings is 1. The Morgan fingerprint density at radius 1 is 0.699 bits per heavy atom. The van der Waals surface area contributed by atoms with E-state index in [1.807, 2.05) is 5.32 Å². The van der Waals surface area contributed by atoms with E-state index in [1.54, 1.807) is 67.1 Å². The number of aromatic nitrogens is 7. The lowest BCUT2D eigenvalue weighted by molar-refractivity contribution is -0.581. The summed E-state index contributed by atoms with van der Waals surface area (Å²) in [5, 5.41) is 81.3. The Labute approximate surface area is 555 Å². The fourth-order valence-corrected chi connectivity index (χ4v) is 14.8. The highest BCUT2D eigenvalue weighted by Gasteiger charge is 2.37. The van der Waals surface area contributed by atoms with Crippen LogP contribution in [0.15, 0.2) is 118 Å². The van der Waals surface area contributed by atoms with E-state index in [9.17, 15) is 53.7 Å². The van der Waals surface area contributed by atoms with Crippen molar-refractivity contribution in [2.24, 2.45) is 11.7 Å². The number of hydrogen-bond acceptors (Lipinski definition) is 24. The number of fused-ring (bicyclic) bond motifs is 14. The molecule has 1 aliphatic rings. The first-order chi connectivity index (χ1) is 44.4. The van der Waals surface area contributed by atoms with Gasteiger partial charge in [0.1, 0.15) is 88.8 Å².